The molecule has 3 heterocycles. The number of aromatic nitrogens is 1. The second-order valence-electron chi connectivity index (χ2n) is 7.93. The van der Waals surface area contributed by atoms with E-state index in [-0.39, 0.29) is 5.56 Å². The number of hydrogen-bond donors (Lipinski definition) is 0. The van der Waals surface area contributed by atoms with E-state index in [0.29, 0.717) is 34.5 Å². The summed E-state index contributed by atoms with van der Waals surface area (Å²) in [6.07, 6.45) is -13.0. The van der Waals surface area contributed by atoms with Gasteiger partial charge < -0.3 is 4.74 Å². The lowest BCUT2D eigenvalue weighted by Crippen LogP contribution is -2.39. The number of aryl methyl sites for hydroxylation is 1. The molecule has 5 nitrogen and oxygen atoms in total. The van der Waals surface area contributed by atoms with Crippen LogP contribution in [0.2, 0.25) is 0 Å². The van der Waals surface area contributed by atoms with Gasteiger partial charge in [0.2, 0.25) is 0 Å². The van der Waals surface area contributed by atoms with E-state index in [1.807, 2.05) is 0 Å². The molecule has 1 aromatic heterocycles. The highest BCUT2D eigenvalue weighted by Gasteiger charge is 2.47. The molecule has 0 N–H and O–H groups in total. The summed E-state index contributed by atoms with van der Waals surface area (Å²) in [5.74, 6) is -1.89. The Morgan fingerprint density at radius 3 is 2.28 bits per heavy atom. The SMILES string of the molecule is Cc1cc(C2C=NN3C(C(F)(F)F)=CC(c4ccc(OCC(F)(F)F)c(C(F)(F)F)c4)=NC23)ccn1. The molecular weight excluding hydrogens is 507 g/mol. The monoisotopic (exact) mass is 522 g/mol. The van der Waals surface area contributed by atoms with Gasteiger partial charge in [0.15, 0.2) is 12.8 Å². The first-order chi connectivity index (χ1) is 16.6. The van der Waals surface area contributed by atoms with E-state index >= 15 is 0 Å². The van der Waals surface area contributed by atoms with E-state index in [0.717, 1.165) is 6.07 Å². The summed E-state index contributed by atoms with van der Waals surface area (Å²) in [5, 5.41) is 4.46. The zero-order chi connectivity index (χ0) is 26.5. The molecule has 14 heteroatoms. The Labute approximate surface area is 197 Å². The summed E-state index contributed by atoms with van der Waals surface area (Å²) < 4.78 is 124. The van der Waals surface area contributed by atoms with Gasteiger partial charge >= 0.3 is 18.5 Å². The molecule has 0 fully saturated rings. The van der Waals surface area contributed by atoms with Crippen LogP contribution in [0.25, 0.3) is 0 Å². The second-order valence-corrected chi connectivity index (χ2v) is 7.93. The highest BCUT2D eigenvalue weighted by Crippen LogP contribution is 2.42. The molecule has 0 saturated carbocycles. The van der Waals surface area contributed by atoms with Crippen molar-refractivity contribution in [2.24, 2.45) is 10.1 Å². The van der Waals surface area contributed by atoms with Crippen molar-refractivity contribution in [3.05, 3.63) is 70.7 Å². The Morgan fingerprint density at radius 1 is 0.944 bits per heavy atom. The highest BCUT2D eigenvalue weighted by atomic mass is 19.4. The molecule has 2 aliphatic heterocycles. The molecule has 2 aliphatic rings. The fourth-order valence-electron chi connectivity index (χ4n) is 3.76. The Bertz CT molecular complexity index is 1250. The Hall–Kier alpha value is -3.58. The van der Waals surface area contributed by atoms with Gasteiger partial charge in [-0.25, -0.2) is 5.01 Å². The number of pyridine rings is 1. The number of aliphatic imine (C=N–C) groups is 1. The van der Waals surface area contributed by atoms with Crippen LogP contribution in [0.5, 0.6) is 5.75 Å². The molecule has 2 unspecified atom stereocenters. The Balaban J connectivity index is 1.78. The molecule has 0 radical (unpaired) electrons. The zero-order valence-electron chi connectivity index (χ0n) is 18.1. The lowest BCUT2D eigenvalue weighted by molar-refractivity contribution is -0.158. The Morgan fingerprint density at radius 2 is 1.67 bits per heavy atom. The van der Waals surface area contributed by atoms with Crippen LogP contribution in [0, 0.1) is 6.92 Å². The molecule has 0 amide bonds. The molecule has 0 saturated heterocycles. The number of rotatable bonds is 4. The van der Waals surface area contributed by atoms with E-state index < -0.39 is 59.9 Å². The minimum atomic E-state index is -5.15. The van der Waals surface area contributed by atoms with Crippen molar-refractivity contribution in [1.82, 2.24) is 9.99 Å². The van der Waals surface area contributed by atoms with E-state index in [2.05, 4.69) is 19.8 Å². The third-order valence-electron chi connectivity index (χ3n) is 5.28. The lowest BCUT2D eigenvalue weighted by Gasteiger charge is -2.31. The van der Waals surface area contributed by atoms with Gasteiger partial charge in [-0.05, 0) is 48.9 Å². The van der Waals surface area contributed by atoms with Crippen molar-refractivity contribution < 1.29 is 44.3 Å². The summed E-state index contributed by atoms with van der Waals surface area (Å²) >= 11 is 0. The maximum Gasteiger partial charge on any atom is 0.433 e. The first-order valence-electron chi connectivity index (χ1n) is 10.2. The van der Waals surface area contributed by atoms with Gasteiger partial charge in [0.1, 0.15) is 11.4 Å². The molecule has 192 valence electrons. The summed E-state index contributed by atoms with van der Waals surface area (Å²) in [7, 11) is 0. The molecule has 2 aromatic rings. The standard InChI is InChI=1S/C22H15F9N4O/c1-11-6-12(4-5-32-11)14-9-33-35-18(22(29,30)31)8-16(34-19(14)35)13-2-3-17(36-10-20(23,24)25)15(7-13)21(26,27)28/h2-9,14,19H,10H2,1H3. The summed E-state index contributed by atoms with van der Waals surface area (Å²) in [5.41, 5.74) is -2.56. The minimum Gasteiger partial charge on any atom is -0.483 e. The van der Waals surface area contributed by atoms with Crippen molar-refractivity contribution in [1.29, 1.82) is 0 Å². The topological polar surface area (TPSA) is 50.1 Å². The maximum absolute atomic E-state index is 13.9. The van der Waals surface area contributed by atoms with Crippen LogP contribution >= 0.6 is 0 Å². The lowest BCUT2D eigenvalue weighted by atomic mass is 9.96. The predicted molar refractivity (Wildman–Crippen MR) is 110 cm³/mol. The highest BCUT2D eigenvalue weighted by molar-refractivity contribution is 6.10. The largest absolute Gasteiger partial charge is 0.483 e. The molecular formula is C22H15F9N4O. The maximum atomic E-state index is 13.9. The molecule has 0 spiro atoms. The third kappa shape index (κ3) is 5.31. The van der Waals surface area contributed by atoms with Gasteiger partial charge in [-0.1, -0.05) is 0 Å². The van der Waals surface area contributed by atoms with Crippen LogP contribution in [-0.2, 0) is 6.18 Å². The van der Waals surface area contributed by atoms with Gasteiger partial charge in [0.25, 0.3) is 0 Å². The smallest absolute Gasteiger partial charge is 0.433 e. The van der Waals surface area contributed by atoms with Gasteiger partial charge in [0, 0.05) is 23.7 Å². The molecule has 2 atom stereocenters. The third-order valence-corrected chi connectivity index (χ3v) is 5.28. The molecule has 0 bridgehead atoms. The number of allylic oxidation sites excluding steroid dienone is 2. The number of ether oxygens (including phenoxy) is 1. The fourth-order valence-corrected chi connectivity index (χ4v) is 3.76. The fraction of sp³-hybridized carbons (Fsp3) is 0.318. The average molecular weight is 522 g/mol. The van der Waals surface area contributed by atoms with Crippen molar-refractivity contribution in [2.75, 3.05) is 6.61 Å². The van der Waals surface area contributed by atoms with Crippen LogP contribution < -0.4 is 4.74 Å². The number of halogens is 9. The predicted octanol–water partition coefficient (Wildman–Crippen LogP) is 6.01. The number of alkyl halides is 9. The zero-order valence-corrected chi connectivity index (χ0v) is 18.1. The van der Waals surface area contributed by atoms with Gasteiger partial charge in [-0.15, -0.1) is 0 Å². The van der Waals surface area contributed by atoms with Gasteiger partial charge in [0.05, 0.1) is 17.2 Å². The molecule has 0 aliphatic carbocycles. The second kappa shape index (κ2) is 8.82. The van der Waals surface area contributed by atoms with E-state index in [4.69, 9.17) is 0 Å². The average Bonchev–Trinajstić information content (AvgIpc) is 3.19. The number of fused-ring (bicyclic) bond motifs is 1. The number of hydrogen-bond acceptors (Lipinski definition) is 5. The van der Waals surface area contributed by atoms with Crippen molar-refractivity contribution in [3.63, 3.8) is 0 Å². The Kier molecular flexibility index (Phi) is 6.25. The first-order valence-corrected chi connectivity index (χ1v) is 10.2. The van der Waals surface area contributed by atoms with Crippen LogP contribution in [0.1, 0.15) is 28.3 Å². The number of hydrazone groups is 1. The molecule has 36 heavy (non-hydrogen) atoms. The summed E-state index contributed by atoms with van der Waals surface area (Å²) in [6.45, 7) is -0.305. The molecule has 1 aromatic carbocycles. The number of nitrogens with zero attached hydrogens (tertiary/aromatic N) is 4. The van der Waals surface area contributed by atoms with E-state index in [9.17, 15) is 39.5 Å². The minimum absolute atomic E-state index is 0.389. The van der Waals surface area contributed by atoms with Gasteiger partial charge in [-0.2, -0.15) is 44.6 Å². The molecule has 4 rings (SSSR count). The van der Waals surface area contributed by atoms with Gasteiger partial charge in [-0.3, -0.25) is 9.98 Å². The van der Waals surface area contributed by atoms with Crippen molar-refractivity contribution >= 4 is 11.9 Å². The summed E-state index contributed by atoms with van der Waals surface area (Å²) in [6, 6.07) is 5.13. The first kappa shape index (κ1) is 25.5. The van der Waals surface area contributed by atoms with Crippen LogP contribution in [0.4, 0.5) is 39.5 Å². The van der Waals surface area contributed by atoms with Crippen LogP contribution in [0.3, 0.4) is 0 Å². The quantitative estimate of drug-likeness (QED) is 0.463. The van der Waals surface area contributed by atoms with Crippen molar-refractivity contribution in [3.8, 4) is 5.75 Å². The van der Waals surface area contributed by atoms with Crippen LogP contribution in [-0.4, -0.2) is 47.0 Å². The van der Waals surface area contributed by atoms with Crippen LogP contribution in [0.15, 0.2) is 58.4 Å². The van der Waals surface area contributed by atoms with E-state index in [1.54, 1.807) is 19.1 Å². The van der Waals surface area contributed by atoms with Crippen molar-refractivity contribution in [2.45, 2.75) is 37.5 Å². The number of benzene rings is 1. The summed E-state index contributed by atoms with van der Waals surface area (Å²) in [4.78, 5) is 8.27. The normalized spacial score (nSPS) is 20.2. The van der Waals surface area contributed by atoms with E-state index in [1.165, 1.54) is 12.4 Å².